The highest BCUT2D eigenvalue weighted by molar-refractivity contribution is 5.89. The van der Waals surface area contributed by atoms with Crippen molar-refractivity contribution in [1.82, 2.24) is 9.88 Å². The minimum Gasteiger partial charge on any atom is -0.497 e. The van der Waals surface area contributed by atoms with Crippen LogP contribution >= 0.6 is 0 Å². The molecule has 2 aromatic carbocycles. The van der Waals surface area contributed by atoms with E-state index in [1.165, 1.54) is 27.7 Å². The third-order valence-corrected chi connectivity index (χ3v) is 5.73. The van der Waals surface area contributed by atoms with E-state index in [4.69, 9.17) is 9.47 Å². The zero-order valence-electron chi connectivity index (χ0n) is 15.1. The summed E-state index contributed by atoms with van der Waals surface area (Å²) in [5.41, 5.74) is 5.78. The molecule has 0 amide bonds. The van der Waals surface area contributed by atoms with Crippen molar-refractivity contribution < 1.29 is 9.47 Å². The number of aromatic nitrogens is 1. The Morgan fingerprint density at radius 2 is 1.81 bits per heavy atom. The van der Waals surface area contributed by atoms with E-state index in [1.54, 1.807) is 7.11 Å². The van der Waals surface area contributed by atoms with Crippen LogP contribution < -0.4 is 14.8 Å². The van der Waals surface area contributed by atoms with Crippen LogP contribution in [0, 0.1) is 0 Å². The summed E-state index contributed by atoms with van der Waals surface area (Å²) in [5, 5.41) is 4.95. The summed E-state index contributed by atoms with van der Waals surface area (Å²) in [6.07, 6.45) is 3.35. The molecule has 0 saturated carbocycles. The van der Waals surface area contributed by atoms with Crippen LogP contribution in [0.5, 0.6) is 11.5 Å². The van der Waals surface area contributed by atoms with Gasteiger partial charge in [0, 0.05) is 42.6 Å². The van der Waals surface area contributed by atoms with Crippen molar-refractivity contribution in [2.75, 3.05) is 20.2 Å². The molecule has 4 nitrogen and oxygen atoms in total. The maximum atomic E-state index is 6.38. The van der Waals surface area contributed by atoms with Crippen molar-refractivity contribution in [3.63, 3.8) is 0 Å². The molecule has 2 aliphatic heterocycles. The van der Waals surface area contributed by atoms with Crippen LogP contribution in [0.15, 0.2) is 42.5 Å². The Morgan fingerprint density at radius 1 is 1.00 bits per heavy atom. The third-order valence-electron chi connectivity index (χ3n) is 5.73. The van der Waals surface area contributed by atoms with Crippen LogP contribution in [-0.2, 0) is 19.4 Å². The first kappa shape index (κ1) is 15.8. The van der Waals surface area contributed by atoms with E-state index in [2.05, 4.69) is 28.1 Å². The van der Waals surface area contributed by atoms with Gasteiger partial charge < -0.3 is 19.4 Å². The number of hydrogen-bond donors (Lipinski definition) is 1. The second kappa shape index (κ2) is 6.36. The van der Waals surface area contributed by atoms with Crippen LogP contribution in [0.2, 0.25) is 0 Å². The number of methoxy groups -OCH3 is 1. The van der Waals surface area contributed by atoms with E-state index in [0.29, 0.717) is 0 Å². The summed E-state index contributed by atoms with van der Waals surface area (Å²) in [4.78, 5) is 0. The molecule has 1 N–H and O–H groups in total. The lowest BCUT2D eigenvalue weighted by Crippen LogP contribution is -2.20. The van der Waals surface area contributed by atoms with Crippen molar-refractivity contribution in [2.45, 2.75) is 31.9 Å². The van der Waals surface area contributed by atoms with Crippen molar-refractivity contribution in [3.05, 3.63) is 59.3 Å². The molecule has 0 spiro atoms. The van der Waals surface area contributed by atoms with Crippen LogP contribution in [-0.4, -0.2) is 24.8 Å². The van der Waals surface area contributed by atoms with Crippen molar-refractivity contribution in [1.29, 1.82) is 0 Å². The molecule has 0 bridgehead atoms. The van der Waals surface area contributed by atoms with Gasteiger partial charge in [-0.05, 0) is 42.8 Å². The predicted octanol–water partition coefficient (Wildman–Crippen LogP) is 3.86. The second-order valence-electron chi connectivity index (χ2n) is 7.14. The molecule has 4 heteroatoms. The Labute approximate surface area is 153 Å². The number of nitrogens with zero attached hydrogens (tertiary/aromatic N) is 1. The van der Waals surface area contributed by atoms with Crippen LogP contribution in [0.1, 0.15) is 29.3 Å². The van der Waals surface area contributed by atoms with Gasteiger partial charge in [-0.3, -0.25) is 0 Å². The molecule has 3 aromatic rings. The van der Waals surface area contributed by atoms with Gasteiger partial charge in [0.15, 0.2) is 0 Å². The fraction of sp³-hybridized carbons (Fsp3) is 0.364. The molecule has 26 heavy (non-hydrogen) atoms. The smallest absolute Gasteiger partial charge is 0.127 e. The highest BCUT2D eigenvalue weighted by Crippen LogP contribution is 2.39. The minimum atomic E-state index is 0.108. The van der Waals surface area contributed by atoms with Crippen LogP contribution in [0.25, 0.3) is 10.9 Å². The number of fused-ring (bicyclic) bond motifs is 3. The number of hydrogen-bond acceptors (Lipinski definition) is 3. The molecule has 2 aliphatic rings. The summed E-state index contributed by atoms with van der Waals surface area (Å²) in [5.74, 6) is 1.76. The number of aryl methyl sites for hydroxylation is 1. The SMILES string of the molecule is COc1ccc(OC2CCn3c4c(c5cccc2c53)CCNCC4)cc1. The predicted molar refractivity (Wildman–Crippen MR) is 103 cm³/mol. The van der Waals surface area contributed by atoms with Gasteiger partial charge in [0.05, 0.1) is 12.6 Å². The van der Waals surface area contributed by atoms with Gasteiger partial charge in [-0.2, -0.15) is 0 Å². The summed E-state index contributed by atoms with van der Waals surface area (Å²) in [7, 11) is 1.69. The van der Waals surface area contributed by atoms with E-state index < -0.39 is 0 Å². The van der Waals surface area contributed by atoms with Gasteiger partial charge in [-0.1, -0.05) is 18.2 Å². The monoisotopic (exact) mass is 348 g/mol. The lowest BCUT2D eigenvalue weighted by Gasteiger charge is -2.27. The highest BCUT2D eigenvalue weighted by Gasteiger charge is 2.28. The minimum absolute atomic E-state index is 0.108. The number of benzene rings is 2. The topological polar surface area (TPSA) is 35.4 Å². The van der Waals surface area contributed by atoms with Gasteiger partial charge in [-0.25, -0.2) is 0 Å². The molecule has 0 aliphatic carbocycles. The molecule has 134 valence electrons. The van der Waals surface area contributed by atoms with Crippen molar-refractivity contribution >= 4 is 10.9 Å². The normalized spacial score (nSPS) is 19.0. The van der Waals surface area contributed by atoms with Crippen LogP contribution in [0.4, 0.5) is 0 Å². The van der Waals surface area contributed by atoms with E-state index in [1.807, 2.05) is 24.3 Å². The second-order valence-corrected chi connectivity index (χ2v) is 7.14. The maximum absolute atomic E-state index is 6.38. The zero-order chi connectivity index (χ0) is 17.5. The summed E-state index contributed by atoms with van der Waals surface area (Å²) in [6.45, 7) is 3.18. The first-order valence-electron chi connectivity index (χ1n) is 9.49. The maximum Gasteiger partial charge on any atom is 0.127 e. The first-order chi connectivity index (χ1) is 12.8. The zero-order valence-corrected chi connectivity index (χ0v) is 15.1. The molecular formula is C22H24N2O2. The summed E-state index contributed by atoms with van der Waals surface area (Å²) < 4.78 is 14.2. The molecule has 3 heterocycles. The number of nitrogens with one attached hydrogen (secondary N) is 1. The van der Waals surface area contributed by atoms with E-state index in [-0.39, 0.29) is 6.10 Å². The average Bonchev–Trinajstić information content (AvgIpc) is 2.84. The molecule has 5 rings (SSSR count). The van der Waals surface area contributed by atoms with Gasteiger partial charge >= 0.3 is 0 Å². The van der Waals surface area contributed by atoms with Gasteiger partial charge in [0.25, 0.3) is 0 Å². The quantitative estimate of drug-likeness (QED) is 0.781. The Kier molecular flexibility index (Phi) is 3.86. The largest absolute Gasteiger partial charge is 0.497 e. The molecule has 1 aromatic heterocycles. The fourth-order valence-electron chi connectivity index (χ4n) is 4.52. The Morgan fingerprint density at radius 3 is 2.65 bits per heavy atom. The Hall–Kier alpha value is -2.46. The molecule has 0 fully saturated rings. The van der Waals surface area contributed by atoms with E-state index in [9.17, 15) is 0 Å². The van der Waals surface area contributed by atoms with Crippen molar-refractivity contribution in [3.8, 4) is 11.5 Å². The molecule has 0 saturated heterocycles. The first-order valence-corrected chi connectivity index (χ1v) is 9.49. The Bertz CT molecular complexity index is 943. The van der Waals surface area contributed by atoms with Crippen LogP contribution in [0.3, 0.4) is 0 Å². The average molecular weight is 348 g/mol. The highest BCUT2D eigenvalue weighted by atomic mass is 16.5. The van der Waals surface area contributed by atoms with Crippen molar-refractivity contribution in [2.24, 2.45) is 0 Å². The molecule has 1 atom stereocenters. The fourth-order valence-corrected chi connectivity index (χ4v) is 4.52. The molecular weight excluding hydrogens is 324 g/mol. The number of rotatable bonds is 3. The summed E-state index contributed by atoms with van der Waals surface area (Å²) >= 11 is 0. The number of para-hydroxylation sites is 1. The molecule has 1 unspecified atom stereocenters. The van der Waals surface area contributed by atoms with Gasteiger partial charge in [-0.15, -0.1) is 0 Å². The standard InChI is InChI=1S/C22H24N2O2/c1-25-15-5-7-16(8-6-15)26-21-11-14-24-20-10-13-23-12-9-17(20)18-3-2-4-19(21)22(18)24/h2-8,21,23H,9-14H2,1H3. The number of ether oxygens (including phenoxy) is 2. The molecule has 0 radical (unpaired) electrons. The van der Waals surface area contributed by atoms with E-state index >= 15 is 0 Å². The lowest BCUT2D eigenvalue weighted by molar-refractivity contribution is 0.183. The van der Waals surface area contributed by atoms with Gasteiger partial charge in [0.1, 0.15) is 17.6 Å². The lowest BCUT2D eigenvalue weighted by atomic mass is 9.99. The van der Waals surface area contributed by atoms with Gasteiger partial charge in [0.2, 0.25) is 0 Å². The Balaban J connectivity index is 1.55. The summed E-state index contributed by atoms with van der Waals surface area (Å²) in [6, 6.07) is 14.6. The van der Waals surface area contributed by atoms with E-state index in [0.717, 1.165) is 50.4 Å². The third kappa shape index (κ3) is 2.48.